The van der Waals surface area contributed by atoms with Crippen LogP contribution in [0.25, 0.3) is 0 Å². The molecular weight excluding hydrogens is 206 g/mol. The molecule has 0 amide bonds. The first-order chi connectivity index (χ1) is 7.54. The number of carbonyl (C=O) groups is 1. The summed E-state index contributed by atoms with van der Waals surface area (Å²) < 4.78 is 4.73. The first-order valence-electron chi connectivity index (χ1n) is 5.17. The first kappa shape index (κ1) is 12.4. The molecule has 5 heteroatoms. The van der Waals surface area contributed by atoms with Crippen LogP contribution in [-0.2, 0) is 9.53 Å². The summed E-state index contributed by atoms with van der Waals surface area (Å²) in [6.45, 7) is 5.76. The van der Waals surface area contributed by atoms with Gasteiger partial charge in [-0.25, -0.2) is 14.8 Å². The third-order valence-electron chi connectivity index (χ3n) is 2.23. The Morgan fingerprint density at radius 1 is 1.44 bits per heavy atom. The molecule has 0 aliphatic carbocycles. The minimum Gasteiger partial charge on any atom is -0.467 e. The Bertz CT molecular complexity index is 366. The standard InChI is InChI=1S/C11H17N3O2/c1-7(2)10(11(15)16-4)14-9-5-8(3)12-6-13-9/h5-7,10H,1-4H3,(H,12,13,14). The van der Waals surface area contributed by atoms with Crippen molar-refractivity contribution in [2.75, 3.05) is 12.4 Å². The van der Waals surface area contributed by atoms with Crippen molar-refractivity contribution < 1.29 is 9.53 Å². The Morgan fingerprint density at radius 2 is 2.12 bits per heavy atom. The van der Waals surface area contributed by atoms with Gasteiger partial charge in [0.05, 0.1) is 7.11 Å². The maximum absolute atomic E-state index is 11.5. The fourth-order valence-electron chi connectivity index (χ4n) is 1.32. The number of ether oxygens (including phenoxy) is 1. The number of hydrogen-bond donors (Lipinski definition) is 1. The molecule has 5 nitrogen and oxygen atoms in total. The Morgan fingerprint density at radius 3 is 2.62 bits per heavy atom. The number of nitrogens with zero attached hydrogens (tertiary/aromatic N) is 2. The van der Waals surface area contributed by atoms with Crippen molar-refractivity contribution in [1.82, 2.24) is 9.97 Å². The van der Waals surface area contributed by atoms with Crippen molar-refractivity contribution in [3.05, 3.63) is 18.1 Å². The van der Waals surface area contributed by atoms with Crippen LogP contribution in [0.2, 0.25) is 0 Å². The molecule has 0 saturated heterocycles. The van der Waals surface area contributed by atoms with Crippen molar-refractivity contribution in [3.63, 3.8) is 0 Å². The lowest BCUT2D eigenvalue weighted by Gasteiger charge is -2.20. The van der Waals surface area contributed by atoms with E-state index in [0.29, 0.717) is 5.82 Å². The lowest BCUT2D eigenvalue weighted by Crippen LogP contribution is -2.35. The minimum absolute atomic E-state index is 0.128. The van der Waals surface area contributed by atoms with Crippen molar-refractivity contribution >= 4 is 11.8 Å². The largest absolute Gasteiger partial charge is 0.467 e. The number of nitrogens with one attached hydrogen (secondary N) is 1. The highest BCUT2D eigenvalue weighted by molar-refractivity contribution is 5.79. The quantitative estimate of drug-likeness (QED) is 0.781. The van der Waals surface area contributed by atoms with E-state index in [9.17, 15) is 4.79 Å². The maximum atomic E-state index is 11.5. The Kier molecular flexibility index (Phi) is 4.22. The van der Waals surface area contributed by atoms with Crippen LogP contribution < -0.4 is 5.32 Å². The molecule has 0 bridgehead atoms. The van der Waals surface area contributed by atoms with Gasteiger partial charge in [-0.15, -0.1) is 0 Å². The van der Waals surface area contributed by atoms with Crippen molar-refractivity contribution in [1.29, 1.82) is 0 Å². The molecule has 0 spiro atoms. The van der Waals surface area contributed by atoms with E-state index in [4.69, 9.17) is 4.74 Å². The van der Waals surface area contributed by atoms with Crippen molar-refractivity contribution in [3.8, 4) is 0 Å². The zero-order valence-electron chi connectivity index (χ0n) is 10.0. The average Bonchev–Trinajstić information content (AvgIpc) is 2.24. The van der Waals surface area contributed by atoms with Crippen LogP contribution >= 0.6 is 0 Å². The van der Waals surface area contributed by atoms with Gasteiger partial charge in [0.1, 0.15) is 18.2 Å². The van der Waals surface area contributed by atoms with Gasteiger partial charge in [0.25, 0.3) is 0 Å². The predicted octanol–water partition coefficient (Wildman–Crippen LogP) is 1.39. The van der Waals surface area contributed by atoms with E-state index in [2.05, 4.69) is 15.3 Å². The van der Waals surface area contributed by atoms with Crippen molar-refractivity contribution in [2.45, 2.75) is 26.8 Å². The van der Waals surface area contributed by atoms with Crippen LogP contribution in [0, 0.1) is 12.8 Å². The first-order valence-corrected chi connectivity index (χ1v) is 5.17. The van der Waals surface area contributed by atoms with E-state index < -0.39 is 0 Å². The van der Waals surface area contributed by atoms with Gasteiger partial charge in [-0.2, -0.15) is 0 Å². The highest BCUT2D eigenvalue weighted by atomic mass is 16.5. The summed E-state index contributed by atoms with van der Waals surface area (Å²) in [6.07, 6.45) is 1.46. The number of aryl methyl sites for hydroxylation is 1. The molecule has 1 rings (SSSR count). The highest BCUT2D eigenvalue weighted by Crippen LogP contribution is 2.11. The second-order valence-electron chi connectivity index (χ2n) is 3.93. The number of hydrogen-bond acceptors (Lipinski definition) is 5. The van der Waals surface area contributed by atoms with Gasteiger partial charge >= 0.3 is 5.97 Å². The second-order valence-corrected chi connectivity index (χ2v) is 3.93. The molecule has 0 saturated carbocycles. The Balaban J connectivity index is 2.79. The number of aromatic nitrogens is 2. The fourth-order valence-corrected chi connectivity index (χ4v) is 1.32. The van der Waals surface area contributed by atoms with Gasteiger partial charge in [-0.05, 0) is 12.8 Å². The van der Waals surface area contributed by atoms with Gasteiger partial charge in [0.15, 0.2) is 0 Å². The molecule has 0 aliphatic rings. The molecule has 16 heavy (non-hydrogen) atoms. The zero-order chi connectivity index (χ0) is 12.1. The average molecular weight is 223 g/mol. The van der Waals surface area contributed by atoms with E-state index >= 15 is 0 Å². The van der Waals surface area contributed by atoms with Crippen LogP contribution in [0.1, 0.15) is 19.5 Å². The molecule has 1 atom stereocenters. The Hall–Kier alpha value is -1.65. The minimum atomic E-state index is -0.390. The fraction of sp³-hybridized carbons (Fsp3) is 0.545. The predicted molar refractivity (Wildman–Crippen MR) is 61.0 cm³/mol. The molecule has 0 aliphatic heterocycles. The summed E-state index contributed by atoms with van der Waals surface area (Å²) >= 11 is 0. The third kappa shape index (κ3) is 3.18. The second kappa shape index (κ2) is 5.44. The topological polar surface area (TPSA) is 64.1 Å². The van der Waals surface area contributed by atoms with Gasteiger partial charge < -0.3 is 10.1 Å². The summed E-state index contributed by atoms with van der Waals surface area (Å²) in [5, 5.41) is 3.04. The number of carbonyl (C=O) groups excluding carboxylic acids is 1. The number of methoxy groups -OCH3 is 1. The van der Waals surface area contributed by atoms with Gasteiger partial charge in [0.2, 0.25) is 0 Å². The molecule has 88 valence electrons. The van der Waals surface area contributed by atoms with E-state index in [-0.39, 0.29) is 17.9 Å². The molecule has 1 unspecified atom stereocenters. The normalized spacial score (nSPS) is 12.3. The van der Waals surface area contributed by atoms with Gasteiger partial charge in [-0.1, -0.05) is 13.8 Å². The van der Waals surface area contributed by atoms with Crippen LogP contribution in [-0.4, -0.2) is 29.1 Å². The van der Waals surface area contributed by atoms with E-state index in [1.54, 1.807) is 6.07 Å². The van der Waals surface area contributed by atoms with Gasteiger partial charge in [-0.3, -0.25) is 0 Å². The van der Waals surface area contributed by atoms with Crippen LogP contribution in [0.5, 0.6) is 0 Å². The smallest absolute Gasteiger partial charge is 0.328 e. The molecule has 1 N–H and O–H groups in total. The zero-order valence-corrected chi connectivity index (χ0v) is 10.0. The summed E-state index contributed by atoms with van der Waals surface area (Å²) in [5.74, 6) is 0.477. The van der Waals surface area contributed by atoms with Crippen molar-refractivity contribution in [2.24, 2.45) is 5.92 Å². The molecular formula is C11H17N3O2. The third-order valence-corrected chi connectivity index (χ3v) is 2.23. The molecule has 0 aromatic carbocycles. The number of rotatable bonds is 4. The monoisotopic (exact) mass is 223 g/mol. The lowest BCUT2D eigenvalue weighted by molar-refractivity contribution is -0.142. The van der Waals surface area contributed by atoms with E-state index in [1.807, 2.05) is 20.8 Å². The summed E-state index contributed by atoms with van der Waals surface area (Å²) in [5.41, 5.74) is 0.852. The van der Waals surface area contributed by atoms with Crippen LogP contribution in [0.3, 0.4) is 0 Å². The van der Waals surface area contributed by atoms with Crippen LogP contribution in [0.15, 0.2) is 12.4 Å². The summed E-state index contributed by atoms with van der Waals surface area (Å²) in [4.78, 5) is 19.6. The molecule has 1 heterocycles. The molecule has 1 aromatic rings. The van der Waals surface area contributed by atoms with E-state index in [1.165, 1.54) is 13.4 Å². The summed E-state index contributed by atoms with van der Waals surface area (Å²) in [7, 11) is 1.38. The lowest BCUT2D eigenvalue weighted by atomic mass is 10.0. The molecule has 0 fully saturated rings. The maximum Gasteiger partial charge on any atom is 0.328 e. The highest BCUT2D eigenvalue weighted by Gasteiger charge is 2.22. The number of esters is 1. The SMILES string of the molecule is COC(=O)C(Nc1cc(C)ncn1)C(C)C. The molecule has 1 aromatic heterocycles. The summed E-state index contributed by atoms with van der Waals surface area (Å²) in [6, 6.07) is 1.40. The van der Waals surface area contributed by atoms with E-state index in [0.717, 1.165) is 5.69 Å². The number of anilines is 1. The Labute approximate surface area is 95.3 Å². The molecule has 0 radical (unpaired) electrons. The van der Waals surface area contributed by atoms with Crippen LogP contribution in [0.4, 0.5) is 5.82 Å². The van der Waals surface area contributed by atoms with Gasteiger partial charge in [0, 0.05) is 11.8 Å².